The second kappa shape index (κ2) is 2.44. The Labute approximate surface area is 77.6 Å². The third-order valence-electron chi connectivity index (χ3n) is 1.40. The first-order valence-electron chi connectivity index (χ1n) is 3.24. The molecule has 0 aromatic carbocycles. The highest BCUT2D eigenvalue weighted by atomic mass is 127. The molecule has 0 atom stereocenters. The Morgan fingerprint density at radius 2 is 2.27 bits per heavy atom. The third kappa shape index (κ3) is 1.22. The summed E-state index contributed by atoms with van der Waals surface area (Å²) in [5.41, 5.74) is 0.905. The van der Waals surface area contributed by atoms with Crippen molar-refractivity contribution in [3.05, 3.63) is 27.7 Å². The lowest BCUT2D eigenvalue weighted by Gasteiger charge is -1.89. The molecule has 0 amide bonds. The molecule has 2 aromatic heterocycles. The largest absolute Gasteiger partial charge is 0.220 e. The maximum atomic E-state index is 4.20. The molecule has 0 aliphatic carbocycles. The minimum absolute atomic E-state index is 0.812. The number of halogens is 1. The molecule has 11 heavy (non-hydrogen) atoms. The number of fused-ring (bicyclic) bond motifs is 1. The summed E-state index contributed by atoms with van der Waals surface area (Å²) in [6.07, 6.45) is 1.95. The van der Waals surface area contributed by atoms with Crippen LogP contribution in [0.4, 0.5) is 0 Å². The van der Waals surface area contributed by atoms with E-state index in [0.717, 1.165) is 11.5 Å². The fourth-order valence-electron chi connectivity index (χ4n) is 0.969. The molecule has 0 N–H and O–H groups in total. The van der Waals surface area contributed by atoms with E-state index in [1.807, 2.05) is 25.3 Å². The van der Waals surface area contributed by atoms with Gasteiger partial charge in [-0.2, -0.15) is 5.10 Å². The number of hydrogen-bond acceptors (Lipinski definition) is 2. The van der Waals surface area contributed by atoms with Crippen LogP contribution in [0.3, 0.4) is 0 Å². The minimum Gasteiger partial charge on any atom is -0.220 e. The Morgan fingerprint density at radius 3 is 3.09 bits per heavy atom. The summed E-state index contributed by atoms with van der Waals surface area (Å²) >= 11 is 2.25. The maximum Gasteiger partial charge on any atom is 0.155 e. The van der Waals surface area contributed by atoms with Gasteiger partial charge in [0.1, 0.15) is 5.82 Å². The molecule has 0 unspecified atom stereocenters. The van der Waals surface area contributed by atoms with Crippen molar-refractivity contribution in [2.45, 2.75) is 6.92 Å². The van der Waals surface area contributed by atoms with Gasteiger partial charge in [0.25, 0.3) is 0 Å². The summed E-state index contributed by atoms with van der Waals surface area (Å²) in [5, 5.41) is 4.17. The molecule has 4 heteroatoms. The molecule has 2 heterocycles. The summed E-state index contributed by atoms with van der Waals surface area (Å²) in [6.45, 7) is 1.89. The normalized spacial score (nSPS) is 10.7. The molecular weight excluding hydrogens is 253 g/mol. The van der Waals surface area contributed by atoms with Gasteiger partial charge in [-0.3, -0.25) is 0 Å². The van der Waals surface area contributed by atoms with Crippen LogP contribution in [0.5, 0.6) is 0 Å². The quantitative estimate of drug-likeness (QED) is 0.673. The number of aromatic nitrogens is 3. The van der Waals surface area contributed by atoms with Crippen molar-refractivity contribution in [3.63, 3.8) is 0 Å². The van der Waals surface area contributed by atoms with Crippen molar-refractivity contribution < 1.29 is 0 Å². The van der Waals surface area contributed by atoms with Gasteiger partial charge in [-0.25, -0.2) is 9.50 Å². The molecule has 0 saturated heterocycles. The average molecular weight is 259 g/mol. The first-order chi connectivity index (χ1) is 5.25. The van der Waals surface area contributed by atoms with Crippen LogP contribution in [-0.2, 0) is 0 Å². The van der Waals surface area contributed by atoms with Gasteiger partial charge in [0.2, 0.25) is 0 Å². The molecule has 0 radical (unpaired) electrons. The Kier molecular flexibility index (Phi) is 1.56. The standard InChI is InChI=1S/C7H6IN3/c1-5-9-7-3-2-6(8)4-11(7)10-5/h2-4H,1H3. The highest BCUT2D eigenvalue weighted by Gasteiger charge is 1.97. The van der Waals surface area contributed by atoms with E-state index in [4.69, 9.17) is 0 Å². The highest BCUT2D eigenvalue weighted by molar-refractivity contribution is 14.1. The van der Waals surface area contributed by atoms with Crippen molar-refractivity contribution in [1.29, 1.82) is 0 Å². The van der Waals surface area contributed by atoms with Crippen molar-refractivity contribution in [3.8, 4) is 0 Å². The van der Waals surface area contributed by atoms with Crippen LogP contribution in [0, 0.1) is 10.5 Å². The predicted octanol–water partition coefficient (Wildman–Crippen LogP) is 1.64. The van der Waals surface area contributed by atoms with Gasteiger partial charge in [0.15, 0.2) is 5.65 Å². The van der Waals surface area contributed by atoms with Crippen LogP contribution in [0.15, 0.2) is 18.3 Å². The SMILES string of the molecule is Cc1nc2ccc(I)cn2n1. The van der Waals surface area contributed by atoms with E-state index in [1.165, 1.54) is 3.57 Å². The maximum absolute atomic E-state index is 4.20. The van der Waals surface area contributed by atoms with E-state index in [1.54, 1.807) is 4.52 Å². The minimum atomic E-state index is 0.812. The van der Waals surface area contributed by atoms with Gasteiger partial charge < -0.3 is 0 Å². The fourth-order valence-corrected chi connectivity index (χ4v) is 1.41. The molecule has 3 nitrogen and oxygen atoms in total. The van der Waals surface area contributed by atoms with Crippen molar-refractivity contribution in [2.24, 2.45) is 0 Å². The topological polar surface area (TPSA) is 30.2 Å². The first kappa shape index (κ1) is 7.02. The van der Waals surface area contributed by atoms with Crippen LogP contribution in [0.1, 0.15) is 5.82 Å². The van der Waals surface area contributed by atoms with Crippen molar-refractivity contribution in [2.75, 3.05) is 0 Å². The van der Waals surface area contributed by atoms with Crippen LogP contribution < -0.4 is 0 Å². The second-order valence-corrected chi connectivity index (χ2v) is 3.55. The van der Waals surface area contributed by atoms with E-state index in [9.17, 15) is 0 Å². The number of hydrogen-bond donors (Lipinski definition) is 0. The summed E-state index contributed by atoms with van der Waals surface area (Å²) in [5.74, 6) is 0.812. The van der Waals surface area contributed by atoms with Crippen LogP contribution >= 0.6 is 22.6 Å². The number of pyridine rings is 1. The Hall–Kier alpha value is -0.650. The van der Waals surface area contributed by atoms with Gasteiger partial charge >= 0.3 is 0 Å². The monoisotopic (exact) mass is 259 g/mol. The smallest absolute Gasteiger partial charge is 0.155 e. The summed E-state index contributed by atoms with van der Waals surface area (Å²) in [4.78, 5) is 4.20. The molecular formula is C7H6IN3. The summed E-state index contributed by atoms with van der Waals surface area (Å²) in [7, 11) is 0. The Balaban J connectivity index is 2.82. The average Bonchev–Trinajstić information content (AvgIpc) is 2.27. The second-order valence-electron chi connectivity index (χ2n) is 2.31. The van der Waals surface area contributed by atoms with Gasteiger partial charge in [-0.1, -0.05) is 0 Å². The molecule has 2 rings (SSSR count). The molecule has 0 aliphatic heterocycles. The van der Waals surface area contributed by atoms with E-state index in [-0.39, 0.29) is 0 Å². The van der Waals surface area contributed by atoms with Crippen LogP contribution in [0.2, 0.25) is 0 Å². The lowest BCUT2D eigenvalue weighted by atomic mass is 10.5. The third-order valence-corrected chi connectivity index (χ3v) is 2.04. The van der Waals surface area contributed by atoms with E-state index in [0.29, 0.717) is 0 Å². The zero-order chi connectivity index (χ0) is 7.84. The van der Waals surface area contributed by atoms with E-state index < -0.39 is 0 Å². The molecule has 56 valence electrons. The van der Waals surface area contributed by atoms with Gasteiger partial charge in [0, 0.05) is 9.77 Å². The first-order valence-corrected chi connectivity index (χ1v) is 4.32. The molecule has 0 saturated carbocycles. The Morgan fingerprint density at radius 1 is 1.45 bits per heavy atom. The van der Waals surface area contributed by atoms with Crippen LogP contribution in [0.25, 0.3) is 5.65 Å². The van der Waals surface area contributed by atoms with E-state index in [2.05, 4.69) is 32.7 Å². The fraction of sp³-hybridized carbons (Fsp3) is 0.143. The predicted molar refractivity (Wildman–Crippen MR) is 50.4 cm³/mol. The zero-order valence-electron chi connectivity index (χ0n) is 5.95. The molecule has 0 fully saturated rings. The van der Waals surface area contributed by atoms with Gasteiger partial charge in [-0.15, -0.1) is 0 Å². The number of aryl methyl sites for hydroxylation is 1. The van der Waals surface area contributed by atoms with Gasteiger partial charge in [0.05, 0.1) is 0 Å². The van der Waals surface area contributed by atoms with E-state index >= 15 is 0 Å². The number of rotatable bonds is 0. The molecule has 0 aliphatic rings. The molecule has 0 spiro atoms. The van der Waals surface area contributed by atoms with Crippen molar-refractivity contribution >= 4 is 28.2 Å². The summed E-state index contributed by atoms with van der Waals surface area (Å²) in [6, 6.07) is 3.98. The molecule has 0 bridgehead atoms. The lowest BCUT2D eigenvalue weighted by Crippen LogP contribution is -1.86. The van der Waals surface area contributed by atoms with Gasteiger partial charge in [-0.05, 0) is 41.6 Å². The van der Waals surface area contributed by atoms with Crippen molar-refractivity contribution in [1.82, 2.24) is 14.6 Å². The number of nitrogens with zero attached hydrogens (tertiary/aromatic N) is 3. The van der Waals surface area contributed by atoms with Crippen LogP contribution in [-0.4, -0.2) is 14.6 Å². The molecule has 2 aromatic rings. The highest BCUT2D eigenvalue weighted by Crippen LogP contribution is 2.06. The lowest BCUT2D eigenvalue weighted by molar-refractivity contribution is 0.926. The Bertz CT molecular complexity index is 393. The summed E-state index contributed by atoms with van der Waals surface area (Å²) < 4.78 is 2.96. The zero-order valence-corrected chi connectivity index (χ0v) is 8.11.